The highest BCUT2D eigenvalue weighted by Crippen LogP contribution is 2.44. The van der Waals surface area contributed by atoms with Gasteiger partial charge in [-0.3, -0.25) is 10.1 Å². The summed E-state index contributed by atoms with van der Waals surface area (Å²) < 4.78 is 13.4. The number of hydrogen-bond acceptors (Lipinski definition) is 7. The number of anilines is 2. The van der Waals surface area contributed by atoms with E-state index in [2.05, 4.69) is 31.6 Å². The molecule has 32 heavy (non-hydrogen) atoms. The Bertz CT molecular complexity index is 1110. The van der Waals surface area contributed by atoms with E-state index in [0.29, 0.717) is 30.3 Å². The van der Waals surface area contributed by atoms with Gasteiger partial charge in [0.1, 0.15) is 5.50 Å². The molecule has 0 aliphatic carbocycles. The van der Waals surface area contributed by atoms with Crippen molar-refractivity contribution in [3.05, 3.63) is 83.9 Å². The lowest BCUT2D eigenvalue weighted by Gasteiger charge is -2.43. The molecule has 1 aromatic heterocycles. The quantitative estimate of drug-likeness (QED) is 0.526. The van der Waals surface area contributed by atoms with Crippen molar-refractivity contribution in [2.45, 2.75) is 11.0 Å². The number of nitrogens with zero attached hydrogens (tertiary/aromatic N) is 3. The number of halogens is 1. The average Bonchev–Trinajstić information content (AvgIpc) is 3.20. The number of rotatable bonds is 4. The first kappa shape index (κ1) is 20.7. The third-order valence-electron chi connectivity index (χ3n) is 6.02. The van der Waals surface area contributed by atoms with Crippen LogP contribution in [0.4, 0.5) is 16.0 Å². The number of carbonyl (C=O) groups excluding carboxylic acids is 1. The second-order valence-corrected chi connectivity index (χ2v) is 9.21. The fourth-order valence-electron chi connectivity index (χ4n) is 4.48. The number of thioether (sulfide) groups is 1. The first-order chi connectivity index (χ1) is 15.5. The van der Waals surface area contributed by atoms with Gasteiger partial charge in [0.15, 0.2) is 5.82 Å². The zero-order valence-electron chi connectivity index (χ0n) is 17.2. The average molecular weight is 451 g/mol. The second-order valence-electron chi connectivity index (χ2n) is 8.07. The summed E-state index contributed by atoms with van der Waals surface area (Å²) in [5.41, 5.74) is 7.71. The number of carbonyl (C=O) groups is 1. The summed E-state index contributed by atoms with van der Waals surface area (Å²) in [4.78, 5) is 23.2. The summed E-state index contributed by atoms with van der Waals surface area (Å²) >= 11 is 1.66. The number of nitrogen functional groups attached to an aromatic ring is 1. The molecule has 2 saturated heterocycles. The van der Waals surface area contributed by atoms with Crippen LogP contribution in [0.15, 0.2) is 67.0 Å². The zero-order chi connectivity index (χ0) is 22.1. The molecular weight excluding hydrogens is 427 g/mol. The number of nitrogens with one attached hydrogen (secondary N) is 2. The third-order valence-corrected chi connectivity index (χ3v) is 7.18. The van der Waals surface area contributed by atoms with Crippen molar-refractivity contribution in [2.75, 3.05) is 29.5 Å². The molecule has 164 valence electrons. The molecule has 2 aliphatic heterocycles. The first-order valence-electron chi connectivity index (χ1n) is 10.4. The van der Waals surface area contributed by atoms with E-state index < -0.39 is 11.4 Å². The fraction of sp³-hybridized carbons (Fsp3) is 0.261. The summed E-state index contributed by atoms with van der Waals surface area (Å²) in [6.07, 6.45) is 2.37. The Morgan fingerprint density at radius 2 is 1.97 bits per heavy atom. The van der Waals surface area contributed by atoms with Crippen molar-refractivity contribution in [2.24, 2.45) is 5.92 Å². The molecule has 9 heteroatoms. The number of aromatic nitrogens is 2. The number of fused-ring (bicyclic) bond motifs is 1. The van der Waals surface area contributed by atoms with Crippen LogP contribution in [0.3, 0.4) is 0 Å². The molecule has 0 spiro atoms. The highest BCUT2D eigenvalue weighted by Gasteiger charge is 2.52. The molecule has 0 radical (unpaired) electrons. The Kier molecular flexibility index (Phi) is 5.44. The normalized spacial score (nSPS) is 24.7. The molecule has 5 rings (SSSR count). The first-order valence-corrected chi connectivity index (χ1v) is 11.4. The summed E-state index contributed by atoms with van der Waals surface area (Å²) in [7, 11) is 0. The fourth-order valence-corrected chi connectivity index (χ4v) is 5.78. The van der Waals surface area contributed by atoms with Gasteiger partial charge in [-0.15, -0.1) is 11.8 Å². The van der Waals surface area contributed by atoms with Crippen LogP contribution in [0.25, 0.3) is 0 Å². The maximum Gasteiger partial charge on any atom is 0.253 e. The van der Waals surface area contributed by atoms with Crippen LogP contribution in [0.1, 0.15) is 15.9 Å². The molecule has 0 bridgehead atoms. The lowest BCUT2D eigenvalue weighted by Crippen LogP contribution is -2.61. The number of benzene rings is 2. The Balaban J connectivity index is 1.44. The van der Waals surface area contributed by atoms with Gasteiger partial charge in [0.25, 0.3) is 5.91 Å². The van der Waals surface area contributed by atoms with Gasteiger partial charge in [0.2, 0.25) is 5.95 Å². The molecule has 1 amide bonds. The van der Waals surface area contributed by atoms with Crippen LogP contribution in [0, 0.1) is 11.7 Å². The SMILES string of the molecule is Nc1cccc([C@]23CN(c4ncc(F)cn4)C[C@H]2CSC(NC(=O)c2ccccc2)N3)c1. The van der Waals surface area contributed by atoms with Gasteiger partial charge in [-0.25, -0.2) is 14.4 Å². The van der Waals surface area contributed by atoms with E-state index in [1.54, 1.807) is 23.9 Å². The zero-order valence-corrected chi connectivity index (χ0v) is 18.1. The molecule has 3 aromatic rings. The van der Waals surface area contributed by atoms with Crippen LogP contribution >= 0.6 is 11.8 Å². The minimum atomic E-state index is -0.465. The van der Waals surface area contributed by atoms with E-state index in [-0.39, 0.29) is 17.3 Å². The molecule has 7 nitrogen and oxygen atoms in total. The van der Waals surface area contributed by atoms with Gasteiger partial charge in [-0.1, -0.05) is 30.3 Å². The summed E-state index contributed by atoms with van der Waals surface area (Å²) in [5, 5.41) is 6.79. The molecule has 4 N–H and O–H groups in total. The maximum absolute atomic E-state index is 13.4. The summed E-state index contributed by atoms with van der Waals surface area (Å²) in [6, 6.07) is 17.0. The van der Waals surface area contributed by atoms with Crippen LogP contribution in [-0.2, 0) is 5.54 Å². The van der Waals surface area contributed by atoms with Crippen molar-refractivity contribution >= 4 is 29.3 Å². The van der Waals surface area contributed by atoms with Crippen molar-refractivity contribution in [3.8, 4) is 0 Å². The topological polar surface area (TPSA) is 96.2 Å². The van der Waals surface area contributed by atoms with E-state index in [4.69, 9.17) is 5.73 Å². The van der Waals surface area contributed by atoms with Gasteiger partial charge in [-0.05, 0) is 29.8 Å². The molecule has 1 unspecified atom stereocenters. The lowest BCUT2D eigenvalue weighted by molar-refractivity contribution is 0.0933. The van der Waals surface area contributed by atoms with Gasteiger partial charge in [-0.2, -0.15) is 0 Å². The molecular formula is C23H23FN6OS. The number of nitrogens with two attached hydrogens (primary N) is 1. The number of hydrogen-bond donors (Lipinski definition) is 3. The van der Waals surface area contributed by atoms with Crippen molar-refractivity contribution in [3.63, 3.8) is 0 Å². The third kappa shape index (κ3) is 3.89. The Morgan fingerprint density at radius 3 is 2.72 bits per heavy atom. The van der Waals surface area contributed by atoms with Crippen molar-refractivity contribution in [1.29, 1.82) is 0 Å². The number of amides is 1. The van der Waals surface area contributed by atoms with Crippen LogP contribution < -0.4 is 21.3 Å². The van der Waals surface area contributed by atoms with E-state index in [1.165, 1.54) is 12.4 Å². The van der Waals surface area contributed by atoms with Gasteiger partial charge < -0.3 is 16.0 Å². The maximum atomic E-state index is 13.4. The predicted molar refractivity (Wildman–Crippen MR) is 124 cm³/mol. The van der Waals surface area contributed by atoms with Crippen LogP contribution in [0.2, 0.25) is 0 Å². The molecule has 2 fully saturated rings. The van der Waals surface area contributed by atoms with E-state index in [9.17, 15) is 9.18 Å². The summed E-state index contributed by atoms with van der Waals surface area (Å²) in [6.45, 7) is 1.28. The predicted octanol–water partition coefficient (Wildman–Crippen LogP) is 2.58. The largest absolute Gasteiger partial charge is 0.399 e. The molecule has 2 aromatic carbocycles. The highest BCUT2D eigenvalue weighted by atomic mass is 32.2. The Labute approximate surface area is 189 Å². The highest BCUT2D eigenvalue weighted by molar-refractivity contribution is 7.99. The molecule has 0 saturated carbocycles. The summed E-state index contributed by atoms with van der Waals surface area (Å²) in [5.74, 6) is 0.925. The smallest absolute Gasteiger partial charge is 0.253 e. The van der Waals surface area contributed by atoms with Crippen molar-refractivity contribution < 1.29 is 9.18 Å². The Morgan fingerprint density at radius 1 is 1.19 bits per heavy atom. The standard InChI is InChI=1S/C23H23FN6OS/c24-18-10-26-21(27-11-18)30-12-17-13-32-22(28-20(31)15-5-2-1-3-6-15)29-23(17,14-30)16-7-4-8-19(25)9-16/h1-11,17,22,29H,12-14,25H2,(H,28,31)/t17-,22?,23+/m0/s1. The van der Waals surface area contributed by atoms with E-state index in [1.807, 2.05) is 36.4 Å². The van der Waals surface area contributed by atoms with E-state index in [0.717, 1.165) is 11.3 Å². The Hall–Kier alpha value is -3.17. The monoisotopic (exact) mass is 450 g/mol. The van der Waals surface area contributed by atoms with Crippen LogP contribution in [0.5, 0.6) is 0 Å². The molecule has 3 heterocycles. The van der Waals surface area contributed by atoms with Gasteiger partial charge in [0, 0.05) is 36.0 Å². The van der Waals surface area contributed by atoms with Crippen LogP contribution in [-0.4, -0.2) is 40.2 Å². The van der Waals surface area contributed by atoms with Gasteiger partial charge >= 0.3 is 0 Å². The molecule has 3 atom stereocenters. The van der Waals surface area contributed by atoms with Gasteiger partial charge in [0.05, 0.1) is 17.9 Å². The minimum Gasteiger partial charge on any atom is -0.399 e. The minimum absolute atomic E-state index is 0.131. The van der Waals surface area contributed by atoms with E-state index >= 15 is 0 Å². The lowest BCUT2D eigenvalue weighted by atomic mass is 9.81. The van der Waals surface area contributed by atoms with Crippen molar-refractivity contribution in [1.82, 2.24) is 20.6 Å². The molecule has 2 aliphatic rings. The second kappa shape index (κ2) is 8.40.